The number of ketones is 1. The molecule has 0 aromatic carbocycles. The Morgan fingerprint density at radius 1 is 1.33 bits per heavy atom. The number of carbonyl (C=O) groups excluding carboxylic acids is 1. The van der Waals surface area contributed by atoms with Gasteiger partial charge in [0.25, 0.3) is 0 Å². The van der Waals surface area contributed by atoms with Gasteiger partial charge in [-0.2, -0.15) is 0 Å². The highest BCUT2D eigenvalue weighted by Gasteiger charge is 2.20. The summed E-state index contributed by atoms with van der Waals surface area (Å²) in [5, 5.41) is 18.4. The molecular weight excluding hydrogens is 156 g/mol. The summed E-state index contributed by atoms with van der Waals surface area (Å²) < 4.78 is 0. The SMILES string of the molecule is CC[C@H](O)C[C@H](O)C(=O)C(C)C. The van der Waals surface area contributed by atoms with Crippen LogP contribution in [-0.2, 0) is 4.79 Å². The van der Waals surface area contributed by atoms with E-state index in [1.807, 2.05) is 6.92 Å². The molecule has 0 heterocycles. The fraction of sp³-hybridized carbons (Fsp3) is 0.889. The second kappa shape index (κ2) is 5.27. The Labute approximate surface area is 73.4 Å². The van der Waals surface area contributed by atoms with Crippen LogP contribution in [0.15, 0.2) is 0 Å². The van der Waals surface area contributed by atoms with Crippen LogP contribution in [0.5, 0.6) is 0 Å². The van der Waals surface area contributed by atoms with E-state index in [4.69, 9.17) is 5.11 Å². The molecule has 2 atom stereocenters. The Balaban J connectivity index is 3.86. The normalized spacial score (nSPS) is 16.2. The average molecular weight is 174 g/mol. The molecule has 0 amide bonds. The van der Waals surface area contributed by atoms with Gasteiger partial charge in [0, 0.05) is 12.3 Å². The summed E-state index contributed by atoms with van der Waals surface area (Å²) in [5.74, 6) is -0.355. The Kier molecular flexibility index (Phi) is 5.09. The average Bonchev–Trinajstić information content (AvgIpc) is 2.02. The van der Waals surface area contributed by atoms with Gasteiger partial charge in [0.15, 0.2) is 5.78 Å². The van der Waals surface area contributed by atoms with E-state index in [-0.39, 0.29) is 18.1 Å². The molecule has 0 spiro atoms. The zero-order chi connectivity index (χ0) is 9.72. The summed E-state index contributed by atoms with van der Waals surface area (Å²) in [6.07, 6.45) is -0.835. The van der Waals surface area contributed by atoms with Crippen molar-refractivity contribution in [2.75, 3.05) is 0 Å². The van der Waals surface area contributed by atoms with Gasteiger partial charge in [0.05, 0.1) is 6.10 Å². The first kappa shape index (κ1) is 11.6. The van der Waals surface area contributed by atoms with Crippen LogP contribution in [0.4, 0.5) is 0 Å². The zero-order valence-electron chi connectivity index (χ0n) is 7.95. The molecule has 0 saturated carbocycles. The number of hydrogen-bond donors (Lipinski definition) is 2. The molecule has 72 valence electrons. The minimum Gasteiger partial charge on any atom is -0.393 e. The Bertz CT molecular complexity index is 143. The van der Waals surface area contributed by atoms with Gasteiger partial charge < -0.3 is 10.2 Å². The van der Waals surface area contributed by atoms with Crippen molar-refractivity contribution >= 4 is 5.78 Å². The summed E-state index contributed by atoms with van der Waals surface area (Å²) in [6.45, 7) is 5.30. The van der Waals surface area contributed by atoms with Gasteiger partial charge in [0.2, 0.25) is 0 Å². The number of aliphatic hydroxyl groups excluding tert-OH is 2. The molecule has 0 radical (unpaired) electrons. The molecule has 0 rings (SSSR count). The van der Waals surface area contributed by atoms with Gasteiger partial charge in [-0.15, -0.1) is 0 Å². The molecule has 0 aromatic rings. The quantitative estimate of drug-likeness (QED) is 0.646. The Hall–Kier alpha value is -0.410. The van der Waals surface area contributed by atoms with E-state index in [1.54, 1.807) is 13.8 Å². The van der Waals surface area contributed by atoms with Gasteiger partial charge in [-0.25, -0.2) is 0 Å². The Morgan fingerprint density at radius 3 is 2.17 bits per heavy atom. The topological polar surface area (TPSA) is 57.5 Å². The van der Waals surface area contributed by atoms with Crippen molar-refractivity contribution in [3.05, 3.63) is 0 Å². The predicted octanol–water partition coefficient (Wildman–Crippen LogP) is 0.733. The van der Waals surface area contributed by atoms with Crippen molar-refractivity contribution in [3.8, 4) is 0 Å². The molecule has 0 aliphatic carbocycles. The third kappa shape index (κ3) is 3.83. The second-order valence-corrected chi connectivity index (χ2v) is 3.37. The van der Waals surface area contributed by atoms with Crippen molar-refractivity contribution in [1.29, 1.82) is 0 Å². The van der Waals surface area contributed by atoms with E-state index in [0.717, 1.165) is 0 Å². The summed E-state index contributed by atoms with van der Waals surface area (Å²) in [4.78, 5) is 11.1. The minimum absolute atomic E-state index is 0.160. The predicted molar refractivity (Wildman–Crippen MR) is 46.8 cm³/mol. The molecule has 12 heavy (non-hydrogen) atoms. The molecule has 0 aliphatic heterocycles. The van der Waals surface area contributed by atoms with Crippen LogP contribution in [0.25, 0.3) is 0 Å². The molecule has 3 nitrogen and oxygen atoms in total. The maximum absolute atomic E-state index is 11.1. The molecule has 3 heteroatoms. The molecule has 0 unspecified atom stereocenters. The standard InChI is InChI=1S/C9H18O3/c1-4-7(10)5-8(11)9(12)6(2)3/h6-8,10-11H,4-5H2,1-3H3/t7-,8-/m0/s1. The van der Waals surface area contributed by atoms with E-state index in [9.17, 15) is 9.90 Å². The molecule has 2 N–H and O–H groups in total. The highest BCUT2D eigenvalue weighted by molar-refractivity contribution is 5.84. The van der Waals surface area contributed by atoms with Crippen molar-refractivity contribution < 1.29 is 15.0 Å². The van der Waals surface area contributed by atoms with Gasteiger partial charge in [-0.3, -0.25) is 4.79 Å². The first-order valence-corrected chi connectivity index (χ1v) is 4.38. The maximum Gasteiger partial charge on any atom is 0.163 e. The lowest BCUT2D eigenvalue weighted by molar-refractivity contribution is -0.131. The number of rotatable bonds is 5. The van der Waals surface area contributed by atoms with Crippen LogP contribution in [0.3, 0.4) is 0 Å². The highest BCUT2D eigenvalue weighted by atomic mass is 16.3. The zero-order valence-corrected chi connectivity index (χ0v) is 7.95. The van der Waals surface area contributed by atoms with Crippen LogP contribution < -0.4 is 0 Å². The molecule has 0 bridgehead atoms. The van der Waals surface area contributed by atoms with Gasteiger partial charge >= 0.3 is 0 Å². The summed E-state index contributed by atoms with van der Waals surface area (Å²) >= 11 is 0. The van der Waals surface area contributed by atoms with Crippen LogP contribution >= 0.6 is 0 Å². The highest BCUT2D eigenvalue weighted by Crippen LogP contribution is 2.07. The van der Waals surface area contributed by atoms with Gasteiger partial charge in [-0.05, 0) is 6.42 Å². The lowest BCUT2D eigenvalue weighted by Gasteiger charge is -2.14. The number of Topliss-reactive ketones (excluding diaryl/α,β-unsaturated/α-hetero) is 1. The van der Waals surface area contributed by atoms with Crippen LogP contribution in [0.1, 0.15) is 33.6 Å². The molecule has 0 saturated heterocycles. The van der Waals surface area contributed by atoms with E-state index in [2.05, 4.69) is 0 Å². The summed E-state index contributed by atoms with van der Waals surface area (Å²) in [7, 11) is 0. The third-order valence-electron chi connectivity index (χ3n) is 1.86. The first-order valence-electron chi connectivity index (χ1n) is 4.38. The monoisotopic (exact) mass is 174 g/mol. The van der Waals surface area contributed by atoms with E-state index in [1.165, 1.54) is 0 Å². The first-order chi connectivity index (χ1) is 5.49. The molecule has 0 aromatic heterocycles. The van der Waals surface area contributed by atoms with Crippen LogP contribution in [0, 0.1) is 5.92 Å². The van der Waals surface area contributed by atoms with Crippen molar-refractivity contribution in [3.63, 3.8) is 0 Å². The van der Waals surface area contributed by atoms with E-state index >= 15 is 0 Å². The summed E-state index contributed by atoms with van der Waals surface area (Å²) in [5.41, 5.74) is 0. The van der Waals surface area contributed by atoms with Crippen molar-refractivity contribution in [2.45, 2.75) is 45.8 Å². The number of aliphatic hydroxyl groups is 2. The van der Waals surface area contributed by atoms with Crippen molar-refractivity contribution in [1.82, 2.24) is 0 Å². The minimum atomic E-state index is -1.00. The second-order valence-electron chi connectivity index (χ2n) is 3.37. The summed E-state index contributed by atoms with van der Waals surface area (Å²) in [6, 6.07) is 0. The fourth-order valence-electron chi connectivity index (χ4n) is 0.925. The van der Waals surface area contributed by atoms with Crippen LogP contribution in [-0.4, -0.2) is 28.2 Å². The van der Waals surface area contributed by atoms with Gasteiger partial charge in [0.1, 0.15) is 6.10 Å². The smallest absolute Gasteiger partial charge is 0.163 e. The van der Waals surface area contributed by atoms with E-state index < -0.39 is 12.2 Å². The van der Waals surface area contributed by atoms with Gasteiger partial charge in [-0.1, -0.05) is 20.8 Å². The van der Waals surface area contributed by atoms with E-state index in [0.29, 0.717) is 6.42 Å². The number of hydrogen-bond acceptors (Lipinski definition) is 3. The lowest BCUT2D eigenvalue weighted by Crippen LogP contribution is -2.28. The molecule has 0 fully saturated rings. The Morgan fingerprint density at radius 2 is 1.83 bits per heavy atom. The van der Waals surface area contributed by atoms with Crippen molar-refractivity contribution in [2.24, 2.45) is 5.92 Å². The lowest BCUT2D eigenvalue weighted by atomic mass is 9.99. The maximum atomic E-state index is 11.1. The van der Waals surface area contributed by atoms with Crippen LogP contribution in [0.2, 0.25) is 0 Å². The fourth-order valence-corrected chi connectivity index (χ4v) is 0.925. The molecule has 0 aliphatic rings. The number of carbonyl (C=O) groups is 1. The molecular formula is C9H18O3. The largest absolute Gasteiger partial charge is 0.393 e. The third-order valence-corrected chi connectivity index (χ3v) is 1.86.